The number of rotatable bonds is 7. The number of hydrogen-bond donors (Lipinski definition) is 3. The predicted molar refractivity (Wildman–Crippen MR) is 133 cm³/mol. The van der Waals surface area contributed by atoms with Crippen LogP contribution in [0.25, 0.3) is 0 Å². The fourth-order valence-electron chi connectivity index (χ4n) is 3.70. The Bertz CT molecular complexity index is 1250. The average Bonchev–Trinajstić information content (AvgIpc) is 2.76. The molecule has 0 radical (unpaired) electrons. The molecule has 2 aromatic rings. The highest BCUT2D eigenvalue weighted by Gasteiger charge is 2.32. The van der Waals surface area contributed by atoms with Crippen LogP contribution in [0.2, 0.25) is 0 Å². The van der Waals surface area contributed by atoms with E-state index in [1.165, 1.54) is 13.2 Å². The largest absolute Gasteiger partial charge is 0.496 e. The maximum absolute atomic E-state index is 13.4. The first-order chi connectivity index (χ1) is 16.3. The van der Waals surface area contributed by atoms with Crippen LogP contribution in [0.4, 0.5) is 16.2 Å². The second-order valence-corrected chi connectivity index (χ2v) is 11.1. The number of anilines is 2. The molecule has 0 atom stereocenters. The topological polar surface area (TPSA) is 134 Å². The third kappa shape index (κ3) is 6.37. The van der Waals surface area contributed by atoms with Gasteiger partial charge in [-0.15, -0.1) is 0 Å². The Labute approximate surface area is 205 Å². The van der Waals surface area contributed by atoms with Crippen LogP contribution in [0.5, 0.6) is 5.75 Å². The Morgan fingerprint density at radius 3 is 2.49 bits per heavy atom. The maximum Gasteiger partial charge on any atom is 0.328 e. The van der Waals surface area contributed by atoms with Gasteiger partial charge in [0.05, 0.1) is 24.6 Å². The first-order valence-electron chi connectivity index (χ1n) is 11.0. The molecule has 1 heterocycles. The molecule has 1 fully saturated rings. The van der Waals surface area contributed by atoms with E-state index in [0.29, 0.717) is 22.6 Å². The molecule has 3 rings (SSSR count). The van der Waals surface area contributed by atoms with Crippen LogP contribution in [0.1, 0.15) is 48.7 Å². The number of carbonyl (C=O) groups excluding carboxylic acids is 3. The summed E-state index contributed by atoms with van der Waals surface area (Å²) in [4.78, 5) is 39.4. The Morgan fingerprint density at radius 1 is 1.17 bits per heavy atom. The smallest absolute Gasteiger partial charge is 0.328 e. The number of nitrogens with one attached hydrogen (secondary N) is 3. The van der Waals surface area contributed by atoms with Gasteiger partial charge in [0.1, 0.15) is 5.75 Å². The Kier molecular flexibility index (Phi) is 7.51. The number of hydrogen-bond acceptors (Lipinski definition) is 6. The number of carbonyl (C=O) groups is 3. The molecule has 0 aromatic heterocycles. The summed E-state index contributed by atoms with van der Waals surface area (Å²) in [7, 11) is -1.92. The summed E-state index contributed by atoms with van der Waals surface area (Å²) in [5.41, 5.74) is 1.71. The summed E-state index contributed by atoms with van der Waals surface area (Å²) in [6.45, 7) is 6.14. The zero-order valence-electron chi connectivity index (χ0n) is 20.4. The summed E-state index contributed by atoms with van der Waals surface area (Å²) < 4.78 is 30.8. The molecular formula is C24H30N4O6S. The van der Waals surface area contributed by atoms with Crippen LogP contribution in [-0.2, 0) is 26.8 Å². The molecular weight excluding hydrogens is 472 g/mol. The van der Waals surface area contributed by atoms with Crippen LogP contribution >= 0.6 is 0 Å². The molecule has 0 bridgehead atoms. The number of sulfonamides is 1. The van der Waals surface area contributed by atoms with Crippen molar-refractivity contribution in [2.75, 3.05) is 30.1 Å². The predicted octanol–water partition coefficient (Wildman–Crippen LogP) is 2.74. The summed E-state index contributed by atoms with van der Waals surface area (Å²) in [5.74, 6) is -0.540. The van der Waals surface area contributed by atoms with Gasteiger partial charge >= 0.3 is 6.03 Å². The molecule has 1 saturated heterocycles. The van der Waals surface area contributed by atoms with Crippen LogP contribution < -0.4 is 25.0 Å². The molecule has 0 spiro atoms. The molecule has 4 amide bonds. The van der Waals surface area contributed by atoms with Crippen molar-refractivity contribution in [1.82, 2.24) is 10.0 Å². The van der Waals surface area contributed by atoms with Gasteiger partial charge in [0, 0.05) is 30.8 Å². The van der Waals surface area contributed by atoms with Gasteiger partial charge in [-0.05, 0) is 35.2 Å². The molecule has 10 nitrogen and oxygen atoms in total. The molecule has 0 unspecified atom stereocenters. The monoisotopic (exact) mass is 502 g/mol. The lowest BCUT2D eigenvalue weighted by Gasteiger charge is -2.30. The highest BCUT2D eigenvalue weighted by molar-refractivity contribution is 7.88. The number of amides is 4. The summed E-state index contributed by atoms with van der Waals surface area (Å²) in [5, 5.41) is 5.45. The van der Waals surface area contributed by atoms with Crippen LogP contribution in [-0.4, -0.2) is 46.2 Å². The van der Waals surface area contributed by atoms with E-state index in [9.17, 15) is 22.8 Å². The molecule has 35 heavy (non-hydrogen) atoms. The first-order valence-corrected chi connectivity index (χ1v) is 12.9. The van der Waals surface area contributed by atoms with Crippen LogP contribution in [0.3, 0.4) is 0 Å². The van der Waals surface area contributed by atoms with E-state index >= 15 is 0 Å². The van der Waals surface area contributed by atoms with Crippen molar-refractivity contribution in [3.8, 4) is 5.75 Å². The number of nitrogens with zero attached hydrogens (tertiary/aromatic N) is 1. The zero-order valence-corrected chi connectivity index (χ0v) is 21.2. The van der Waals surface area contributed by atoms with Gasteiger partial charge < -0.3 is 15.4 Å². The molecule has 3 N–H and O–H groups in total. The molecule has 1 aliphatic heterocycles. The highest BCUT2D eigenvalue weighted by atomic mass is 32.2. The molecule has 1 aliphatic rings. The standard InChI is InChI=1S/C24H30N4O6S/c1-24(2,3)19-13-17(28-20(29)9-10-25-23(28)31)12-18(21(19)34-4)22(30)27-16-8-6-7-15(11-16)14-26-35(5,32)33/h6-8,11-13,26H,9-10,14H2,1-5H3,(H,25,31)(H,27,30). The van der Waals surface area contributed by atoms with Gasteiger partial charge in [0.15, 0.2) is 0 Å². The minimum Gasteiger partial charge on any atom is -0.496 e. The third-order valence-corrected chi connectivity index (χ3v) is 6.05. The highest BCUT2D eigenvalue weighted by Crippen LogP contribution is 2.38. The second-order valence-electron chi connectivity index (χ2n) is 9.28. The van der Waals surface area contributed by atoms with E-state index < -0.39 is 27.4 Å². The average molecular weight is 503 g/mol. The van der Waals surface area contributed by atoms with Gasteiger partial charge in [-0.25, -0.2) is 22.8 Å². The summed E-state index contributed by atoms with van der Waals surface area (Å²) in [6.07, 6.45) is 1.22. The van der Waals surface area contributed by atoms with Crippen molar-refractivity contribution in [3.05, 3.63) is 53.1 Å². The molecule has 0 saturated carbocycles. The molecule has 188 valence electrons. The van der Waals surface area contributed by atoms with Gasteiger partial charge in [-0.2, -0.15) is 0 Å². The van der Waals surface area contributed by atoms with E-state index in [2.05, 4.69) is 15.4 Å². The Hall–Kier alpha value is -3.44. The second kappa shape index (κ2) is 10.0. The van der Waals surface area contributed by atoms with E-state index in [-0.39, 0.29) is 36.7 Å². The normalized spacial score (nSPS) is 14.5. The van der Waals surface area contributed by atoms with Crippen molar-refractivity contribution in [3.63, 3.8) is 0 Å². The Balaban J connectivity index is 2.02. The van der Waals surface area contributed by atoms with Gasteiger partial charge in [0.2, 0.25) is 15.9 Å². The van der Waals surface area contributed by atoms with Gasteiger partial charge in [0.25, 0.3) is 5.91 Å². The molecule has 2 aromatic carbocycles. The fraction of sp³-hybridized carbons (Fsp3) is 0.375. The first kappa shape index (κ1) is 26.2. The van der Waals surface area contributed by atoms with Crippen molar-refractivity contribution >= 4 is 39.2 Å². The van der Waals surface area contributed by atoms with Gasteiger partial charge in [-0.3, -0.25) is 9.59 Å². The minimum atomic E-state index is -3.37. The van der Waals surface area contributed by atoms with E-state index in [1.54, 1.807) is 30.3 Å². The van der Waals surface area contributed by atoms with E-state index in [4.69, 9.17) is 4.74 Å². The third-order valence-electron chi connectivity index (χ3n) is 5.38. The maximum atomic E-state index is 13.4. The van der Waals surface area contributed by atoms with E-state index in [0.717, 1.165) is 11.2 Å². The number of benzene rings is 2. The summed E-state index contributed by atoms with van der Waals surface area (Å²) in [6, 6.07) is 9.34. The van der Waals surface area contributed by atoms with Crippen LogP contribution in [0.15, 0.2) is 36.4 Å². The fourth-order valence-corrected chi connectivity index (χ4v) is 4.13. The van der Waals surface area contributed by atoms with Crippen molar-refractivity contribution in [2.45, 2.75) is 39.2 Å². The number of imide groups is 1. The van der Waals surface area contributed by atoms with Crippen molar-refractivity contribution in [1.29, 1.82) is 0 Å². The van der Waals surface area contributed by atoms with E-state index in [1.807, 2.05) is 20.8 Å². The van der Waals surface area contributed by atoms with Crippen molar-refractivity contribution in [2.24, 2.45) is 0 Å². The summed E-state index contributed by atoms with van der Waals surface area (Å²) >= 11 is 0. The van der Waals surface area contributed by atoms with Crippen LogP contribution in [0, 0.1) is 0 Å². The lowest BCUT2D eigenvalue weighted by Crippen LogP contribution is -2.50. The lowest BCUT2D eigenvalue weighted by atomic mass is 9.84. The molecule has 0 aliphatic carbocycles. The van der Waals surface area contributed by atoms with Gasteiger partial charge in [-0.1, -0.05) is 32.9 Å². The zero-order chi connectivity index (χ0) is 26.0. The van der Waals surface area contributed by atoms with Crippen molar-refractivity contribution < 1.29 is 27.5 Å². The number of ether oxygens (including phenoxy) is 1. The lowest BCUT2D eigenvalue weighted by molar-refractivity contribution is -0.118. The minimum absolute atomic E-state index is 0.0711. The Morgan fingerprint density at radius 2 is 1.89 bits per heavy atom. The molecule has 11 heteroatoms. The number of methoxy groups -OCH3 is 1. The quantitative estimate of drug-likeness (QED) is 0.533. The number of urea groups is 1. The SMILES string of the molecule is COc1c(C(=O)Nc2cccc(CNS(C)(=O)=O)c2)cc(N2C(=O)CCNC2=O)cc1C(C)(C)C.